The normalized spacial score (nSPS) is 21.4. The van der Waals surface area contributed by atoms with Gasteiger partial charge in [-0.1, -0.05) is 25.7 Å². The van der Waals surface area contributed by atoms with Crippen LogP contribution in [0.5, 0.6) is 0 Å². The number of anilines is 2. The van der Waals surface area contributed by atoms with Gasteiger partial charge in [-0.2, -0.15) is 4.98 Å². The average Bonchev–Trinajstić information content (AvgIpc) is 3.26. The predicted octanol–water partition coefficient (Wildman–Crippen LogP) is 3.39. The van der Waals surface area contributed by atoms with Crippen molar-refractivity contribution < 1.29 is 4.79 Å². The van der Waals surface area contributed by atoms with Crippen LogP contribution >= 0.6 is 0 Å². The highest BCUT2D eigenvalue weighted by atomic mass is 16.2. The molecule has 2 aliphatic heterocycles. The SMILES string of the molecule is Cc1cc(N2CCCCC2)nc(N2CCN(C(=O)CCC3CCCC3)CC2)n1. The van der Waals surface area contributed by atoms with Gasteiger partial charge in [-0.3, -0.25) is 4.79 Å². The second-order valence-electron chi connectivity index (χ2n) is 8.77. The Balaban J connectivity index is 1.31. The molecule has 2 saturated heterocycles. The summed E-state index contributed by atoms with van der Waals surface area (Å²) >= 11 is 0. The van der Waals surface area contributed by atoms with E-state index in [1.54, 1.807) is 0 Å². The van der Waals surface area contributed by atoms with Gasteiger partial charge in [-0.25, -0.2) is 4.98 Å². The maximum absolute atomic E-state index is 12.6. The van der Waals surface area contributed by atoms with Gasteiger partial charge in [0.1, 0.15) is 5.82 Å². The van der Waals surface area contributed by atoms with Crippen molar-refractivity contribution >= 4 is 17.7 Å². The van der Waals surface area contributed by atoms with E-state index >= 15 is 0 Å². The molecule has 3 aliphatic rings. The number of aryl methyl sites for hydroxylation is 1. The molecule has 1 saturated carbocycles. The van der Waals surface area contributed by atoms with Crippen molar-refractivity contribution in [2.45, 2.75) is 64.7 Å². The van der Waals surface area contributed by atoms with E-state index in [1.165, 1.54) is 44.9 Å². The van der Waals surface area contributed by atoms with Crippen LogP contribution in [0.2, 0.25) is 0 Å². The van der Waals surface area contributed by atoms with Crippen molar-refractivity contribution in [2.24, 2.45) is 5.92 Å². The molecule has 1 amide bonds. The molecule has 0 spiro atoms. The number of amides is 1. The van der Waals surface area contributed by atoms with Crippen LogP contribution in [0.1, 0.15) is 63.5 Å². The first-order chi connectivity index (χ1) is 13.7. The first kappa shape index (κ1) is 19.5. The van der Waals surface area contributed by atoms with Crippen LogP contribution in [0.4, 0.5) is 11.8 Å². The molecule has 3 fully saturated rings. The maximum atomic E-state index is 12.6. The highest BCUT2D eigenvalue weighted by molar-refractivity contribution is 5.76. The molecular weight excluding hydrogens is 350 g/mol. The summed E-state index contributed by atoms with van der Waals surface area (Å²) in [6.45, 7) is 7.50. The van der Waals surface area contributed by atoms with Crippen molar-refractivity contribution in [3.05, 3.63) is 11.8 Å². The van der Waals surface area contributed by atoms with E-state index in [9.17, 15) is 4.79 Å². The summed E-state index contributed by atoms with van der Waals surface area (Å²) in [4.78, 5) is 28.8. The highest BCUT2D eigenvalue weighted by Gasteiger charge is 2.25. The monoisotopic (exact) mass is 385 g/mol. The molecule has 0 N–H and O–H groups in total. The molecule has 0 bridgehead atoms. The molecule has 3 heterocycles. The summed E-state index contributed by atoms with van der Waals surface area (Å²) in [6.07, 6.45) is 11.0. The maximum Gasteiger partial charge on any atom is 0.227 e. The summed E-state index contributed by atoms with van der Waals surface area (Å²) in [6, 6.07) is 2.11. The number of hydrogen-bond acceptors (Lipinski definition) is 5. The van der Waals surface area contributed by atoms with Gasteiger partial charge in [-0.15, -0.1) is 0 Å². The summed E-state index contributed by atoms with van der Waals surface area (Å²) in [5.74, 6) is 3.03. The first-order valence-electron chi connectivity index (χ1n) is 11.3. The Hall–Kier alpha value is -1.85. The molecule has 0 radical (unpaired) electrons. The van der Waals surface area contributed by atoms with Gasteiger partial charge in [0.25, 0.3) is 0 Å². The van der Waals surface area contributed by atoms with E-state index in [2.05, 4.69) is 22.8 Å². The van der Waals surface area contributed by atoms with Gasteiger partial charge >= 0.3 is 0 Å². The summed E-state index contributed by atoms with van der Waals surface area (Å²) < 4.78 is 0. The summed E-state index contributed by atoms with van der Waals surface area (Å²) in [5, 5.41) is 0. The Morgan fingerprint density at radius 3 is 2.36 bits per heavy atom. The van der Waals surface area contributed by atoms with Gasteiger partial charge < -0.3 is 14.7 Å². The second kappa shape index (κ2) is 9.10. The van der Waals surface area contributed by atoms with Crippen LogP contribution < -0.4 is 9.80 Å². The van der Waals surface area contributed by atoms with Crippen LogP contribution in [0, 0.1) is 12.8 Å². The molecule has 1 aromatic heterocycles. The molecule has 1 aliphatic carbocycles. The fourth-order valence-electron chi connectivity index (χ4n) is 4.90. The third-order valence-corrected chi connectivity index (χ3v) is 6.67. The Morgan fingerprint density at radius 2 is 1.64 bits per heavy atom. The number of aromatic nitrogens is 2. The van der Waals surface area contributed by atoms with Gasteiger partial charge in [0.05, 0.1) is 0 Å². The third-order valence-electron chi connectivity index (χ3n) is 6.67. The van der Waals surface area contributed by atoms with Gasteiger partial charge in [-0.05, 0) is 38.5 Å². The molecule has 154 valence electrons. The van der Waals surface area contributed by atoms with Gasteiger partial charge in [0.2, 0.25) is 11.9 Å². The quantitative estimate of drug-likeness (QED) is 0.778. The zero-order valence-electron chi connectivity index (χ0n) is 17.4. The molecule has 0 unspecified atom stereocenters. The van der Waals surface area contributed by atoms with E-state index in [0.717, 1.165) is 75.5 Å². The molecule has 4 rings (SSSR count). The predicted molar refractivity (Wildman–Crippen MR) is 113 cm³/mol. The number of carbonyl (C=O) groups excluding carboxylic acids is 1. The number of carbonyl (C=O) groups is 1. The number of nitrogens with zero attached hydrogens (tertiary/aromatic N) is 5. The lowest BCUT2D eigenvalue weighted by Crippen LogP contribution is -2.49. The lowest BCUT2D eigenvalue weighted by atomic mass is 10.0. The van der Waals surface area contributed by atoms with Crippen molar-refractivity contribution in [3.63, 3.8) is 0 Å². The third kappa shape index (κ3) is 4.76. The summed E-state index contributed by atoms with van der Waals surface area (Å²) in [7, 11) is 0. The first-order valence-corrected chi connectivity index (χ1v) is 11.3. The van der Waals surface area contributed by atoms with Crippen molar-refractivity contribution in [3.8, 4) is 0 Å². The molecule has 6 heteroatoms. The number of hydrogen-bond donors (Lipinski definition) is 0. The Labute approximate surface area is 169 Å². The van der Waals surface area contributed by atoms with Crippen LogP contribution in [0.25, 0.3) is 0 Å². The Kier molecular flexibility index (Phi) is 6.33. The molecule has 0 atom stereocenters. The van der Waals surface area contributed by atoms with Crippen LogP contribution in [0.3, 0.4) is 0 Å². The lowest BCUT2D eigenvalue weighted by Gasteiger charge is -2.35. The Bertz CT molecular complexity index is 659. The summed E-state index contributed by atoms with van der Waals surface area (Å²) in [5.41, 5.74) is 1.03. The van der Waals surface area contributed by atoms with E-state index in [0.29, 0.717) is 5.91 Å². The van der Waals surface area contributed by atoms with Crippen LogP contribution in [-0.2, 0) is 4.79 Å². The zero-order valence-corrected chi connectivity index (χ0v) is 17.4. The standard InChI is InChI=1S/C22H35N5O/c1-18-17-20(25-11-5-2-6-12-25)24-22(23-18)27-15-13-26(14-16-27)21(28)10-9-19-7-3-4-8-19/h17,19H,2-16H2,1H3. The topological polar surface area (TPSA) is 52.6 Å². The Morgan fingerprint density at radius 1 is 0.929 bits per heavy atom. The van der Waals surface area contributed by atoms with Gasteiger partial charge in [0, 0.05) is 57.4 Å². The van der Waals surface area contributed by atoms with E-state index in [1.807, 2.05) is 4.90 Å². The minimum Gasteiger partial charge on any atom is -0.356 e. The van der Waals surface area contributed by atoms with Gasteiger partial charge in [0.15, 0.2) is 0 Å². The van der Waals surface area contributed by atoms with E-state index in [-0.39, 0.29) is 0 Å². The van der Waals surface area contributed by atoms with Crippen molar-refractivity contribution in [2.75, 3.05) is 49.1 Å². The molecule has 0 aromatic carbocycles. The molecule has 6 nitrogen and oxygen atoms in total. The lowest BCUT2D eigenvalue weighted by molar-refractivity contribution is -0.131. The minimum atomic E-state index is 0.339. The smallest absolute Gasteiger partial charge is 0.227 e. The van der Waals surface area contributed by atoms with Crippen LogP contribution in [0.15, 0.2) is 6.07 Å². The zero-order chi connectivity index (χ0) is 19.3. The molecular formula is C22H35N5O. The fraction of sp³-hybridized carbons (Fsp3) is 0.773. The average molecular weight is 386 g/mol. The van der Waals surface area contributed by atoms with Crippen LogP contribution in [-0.4, -0.2) is 60.0 Å². The fourth-order valence-corrected chi connectivity index (χ4v) is 4.90. The van der Waals surface area contributed by atoms with E-state index < -0.39 is 0 Å². The highest BCUT2D eigenvalue weighted by Crippen LogP contribution is 2.29. The van der Waals surface area contributed by atoms with E-state index in [4.69, 9.17) is 9.97 Å². The molecule has 1 aromatic rings. The molecule has 28 heavy (non-hydrogen) atoms. The largest absolute Gasteiger partial charge is 0.356 e. The minimum absolute atomic E-state index is 0.339. The number of piperidine rings is 1. The second-order valence-corrected chi connectivity index (χ2v) is 8.77. The number of piperazine rings is 1. The van der Waals surface area contributed by atoms with Crippen molar-refractivity contribution in [1.29, 1.82) is 0 Å². The number of rotatable bonds is 5. The van der Waals surface area contributed by atoms with Crippen molar-refractivity contribution in [1.82, 2.24) is 14.9 Å².